The van der Waals surface area contributed by atoms with E-state index in [0.717, 1.165) is 11.5 Å². The van der Waals surface area contributed by atoms with E-state index in [2.05, 4.69) is 19.4 Å². The molecule has 2 aromatic carbocycles. The normalized spacial score (nSPS) is 11.3. The van der Waals surface area contributed by atoms with Crippen LogP contribution in [0.15, 0.2) is 41.3 Å². The molecule has 0 bridgehead atoms. The van der Waals surface area contributed by atoms with Crippen molar-refractivity contribution in [2.75, 3.05) is 10.0 Å². The lowest BCUT2D eigenvalue weighted by molar-refractivity contribution is -0.114. The summed E-state index contributed by atoms with van der Waals surface area (Å²) < 4.78 is 31.7. The van der Waals surface area contributed by atoms with E-state index >= 15 is 0 Å². The molecule has 0 aliphatic rings. The van der Waals surface area contributed by atoms with Gasteiger partial charge in [-0.05, 0) is 36.4 Å². The molecule has 0 radical (unpaired) electrons. The van der Waals surface area contributed by atoms with Crippen LogP contribution in [0.2, 0.25) is 15.1 Å². The average Bonchev–Trinajstić information content (AvgIpc) is 3.01. The van der Waals surface area contributed by atoms with E-state index < -0.39 is 10.0 Å². The molecule has 1 heterocycles. The number of amides is 1. The number of anilines is 2. The zero-order chi connectivity index (χ0) is 20.5. The molecule has 146 valence electrons. The van der Waals surface area contributed by atoms with Gasteiger partial charge in [-0.2, -0.15) is 9.36 Å². The minimum Gasteiger partial charge on any atom is -0.326 e. The highest BCUT2D eigenvalue weighted by Crippen LogP contribution is 2.34. The number of hydrogen-bond acceptors (Lipinski definition) is 6. The van der Waals surface area contributed by atoms with Gasteiger partial charge < -0.3 is 5.32 Å². The van der Waals surface area contributed by atoms with E-state index in [1.54, 1.807) is 24.3 Å². The fourth-order valence-electron chi connectivity index (χ4n) is 2.24. The van der Waals surface area contributed by atoms with Crippen LogP contribution in [0.4, 0.5) is 10.8 Å². The third-order valence-electron chi connectivity index (χ3n) is 3.34. The van der Waals surface area contributed by atoms with Crippen LogP contribution in [0.3, 0.4) is 0 Å². The maximum Gasteiger partial charge on any atom is 0.266 e. The molecule has 0 fully saturated rings. The van der Waals surface area contributed by atoms with E-state index in [9.17, 15) is 13.2 Å². The van der Waals surface area contributed by atoms with Gasteiger partial charge in [-0.1, -0.05) is 34.8 Å². The number of sulfonamides is 1. The molecule has 0 saturated heterocycles. The second-order valence-corrected chi connectivity index (χ2v) is 9.11. The molecule has 1 aromatic heterocycles. The quantitative estimate of drug-likeness (QED) is 0.543. The summed E-state index contributed by atoms with van der Waals surface area (Å²) in [5.74, 6) is 0.140. The number of nitrogens with zero attached hydrogens (tertiary/aromatic N) is 2. The SMILES string of the molecule is CC(=O)Nc1ccc(-c2nsc(NS(=O)(=O)c3c(Cl)cc(Cl)cc3Cl)n2)cc1. The van der Waals surface area contributed by atoms with Crippen LogP contribution in [0, 0.1) is 0 Å². The predicted octanol–water partition coefficient (Wildman–Crippen LogP) is 4.92. The van der Waals surface area contributed by atoms with Crippen molar-refractivity contribution in [1.82, 2.24) is 9.36 Å². The van der Waals surface area contributed by atoms with Crippen LogP contribution in [0.25, 0.3) is 11.4 Å². The molecule has 2 N–H and O–H groups in total. The lowest BCUT2D eigenvalue weighted by Crippen LogP contribution is -2.14. The average molecular weight is 478 g/mol. The Labute approximate surface area is 179 Å². The van der Waals surface area contributed by atoms with Gasteiger partial charge in [-0.3, -0.25) is 9.52 Å². The molecule has 12 heteroatoms. The standard InChI is InChI=1S/C16H11Cl3N4O3S2/c1-8(24)20-11-4-2-9(3-5-11)15-21-16(27-22-15)23-28(25,26)14-12(18)6-10(17)7-13(14)19/h2-7H,1H3,(H,20,24)(H,21,22,23). The van der Waals surface area contributed by atoms with Crippen molar-refractivity contribution in [2.24, 2.45) is 0 Å². The molecule has 1 amide bonds. The minimum atomic E-state index is -4.09. The van der Waals surface area contributed by atoms with Crippen molar-refractivity contribution < 1.29 is 13.2 Å². The van der Waals surface area contributed by atoms with Crippen molar-refractivity contribution in [3.63, 3.8) is 0 Å². The zero-order valence-corrected chi connectivity index (χ0v) is 17.9. The van der Waals surface area contributed by atoms with Crippen molar-refractivity contribution in [2.45, 2.75) is 11.8 Å². The summed E-state index contributed by atoms with van der Waals surface area (Å²) in [7, 11) is -4.09. The first-order chi connectivity index (χ1) is 13.2. The van der Waals surface area contributed by atoms with Crippen molar-refractivity contribution in [3.8, 4) is 11.4 Å². The van der Waals surface area contributed by atoms with Crippen LogP contribution in [0.1, 0.15) is 6.92 Å². The van der Waals surface area contributed by atoms with E-state index in [-0.39, 0.29) is 31.0 Å². The van der Waals surface area contributed by atoms with Crippen molar-refractivity contribution in [1.29, 1.82) is 0 Å². The Morgan fingerprint density at radius 1 is 1.07 bits per heavy atom. The Kier molecular flexibility index (Phi) is 6.11. The third kappa shape index (κ3) is 4.73. The van der Waals surface area contributed by atoms with Gasteiger partial charge in [-0.25, -0.2) is 8.42 Å². The zero-order valence-electron chi connectivity index (χ0n) is 14.0. The maximum atomic E-state index is 12.6. The second kappa shape index (κ2) is 8.22. The Bertz CT molecular complexity index is 1130. The molecule has 7 nitrogen and oxygen atoms in total. The highest BCUT2D eigenvalue weighted by atomic mass is 35.5. The highest BCUT2D eigenvalue weighted by molar-refractivity contribution is 7.93. The van der Waals surface area contributed by atoms with Crippen LogP contribution < -0.4 is 10.0 Å². The Balaban J connectivity index is 1.84. The monoisotopic (exact) mass is 476 g/mol. The Morgan fingerprint density at radius 2 is 1.68 bits per heavy atom. The number of carbonyl (C=O) groups excluding carboxylic acids is 1. The van der Waals surface area contributed by atoms with Crippen LogP contribution in [0.5, 0.6) is 0 Å². The number of rotatable bonds is 5. The van der Waals surface area contributed by atoms with Gasteiger partial charge in [0.05, 0.1) is 10.0 Å². The first-order valence-electron chi connectivity index (χ1n) is 7.55. The maximum absolute atomic E-state index is 12.6. The number of nitrogens with one attached hydrogen (secondary N) is 2. The summed E-state index contributed by atoms with van der Waals surface area (Å²) in [4.78, 5) is 14.9. The van der Waals surface area contributed by atoms with Crippen LogP contribution in [-0.2, 0) is 14.8 Å². The summed E-state index contributed by atoms with van der Waals surface area (Å²) in [5.41, 5.74) is 1.28. The summed E-state index contributed by atoms with van der Waals surface area (Å²) >= 11 is 18.7. The smallest absolute Gasteiger partial charge is 0.266 e. The molecule has 0 saturated carbocycles. The molecule has 3 rings (SSSR count). The fourth-order valence-corrected chi connectivity index (χ4v) is 5.60. The van der Waals surface area contributed by atoms with Crippen LogP contribution in [-0.4, -0.2) is 23.7 Å². The van der Waals surface area contributed by atoms with Gasteiger partial charge >= 0.3 is 0 Å². The fraction of sp³-hybridized carbons (Fsp3) is 0.0625. The lowest BCUT2D eigenvalue weighted by atomic mass is 10.2. The van der Waals surface area contributed by atoms with Crippen molar-refractivity contribution >= 4 is 73.1 Å². The van der Waals surface area contributed by atoms with E-state index in [0.29, 0.717) is 17.1 Å². The molecule has 0 atom stereocenters. The minimum absolute atomic E-state index is 0.0445. The van der Waals surface area contributed by atoms with Gasteiger partial charge in [0.2, 0.25) is 11.0 Å². The second-order valence-electron chi connectivity index (χ2n) is 5.49. The number of carbonyl (C=O) groups is 1. The number of benzene rings is 2. The van der Waals surface area contributed by atoms with Gasteiger partial charge in [0.25, 0.3) is 10.0 Å². The molecule has 0 spiro atoms. The van der Waals surface area contributed by atoms with E-state index in [1.807, 2.05) is 0 Å². The Morgan fingerprint density at radius 3 is 2.25 bits per heavy atom. The van der Waals surface area contributed by atoms with E-state index in [4.69, 9.17) is 34.8 Å². The first-order valence-corrected chi connectivity index (χ1v) is 10.9. The molecular weight excluding hydrogens is 467 g/mol. The van der Waals surface area contributed by atoms with Gasteiger partial charge in [-0.15, -0.1) is 0 Å². The number of halogens is 3. The molecule has 0 aliphatic carbocycles. The number of hydrogen-bond donors (Lipinski definition) is 2. The Hall–Kier alpha value is -1.91. The third-order valence-corrected chi connectivity index (χ3v) is 6.58. The number of aromatic nitrogens is 2. The largest absolute Gasteiger partial charge is 0.326 e. The molecule has 0 unspecified atom stereocenters. The van der Waals surface area contributed by atoms with Crippen molar-refractivity contribution in [3.05, 3.63) is 51.5 Å². The molecule has 3 aromatic rings. The summed E-state index contributed by atoms with van der Waals surface area (Å²) in [6.45, 7) is 1.41. The molecule has 0 aliphatic heterocycles. The predicted molar refractivity (Wildman–Crippen MR) is 112 cm³/mol. The lowest BCUT2D eigenvalue weighted by Gasteiger charge is -2.09. The topological polar surface area (TPSA) is 101 Å². The summed E-state index contributed by atoms with van der Waals surface area (Å²) in [6.07, 6.45) is 0. The molecule has 28 heavy (non-hydrogen) atoms. The summed E-state index contributed by atoms with van der Waals surface area (Å²) in [5, 5.41) is 2.70. The van der Waals surface area contributed by atoms with Crippen LogP contribution >= 0.6 is 46.3 Å². The highest BCUT2D eigenvalue weighted by Gasteiger charge is 2.24. The summed E-state index contributed by atoms with van der Waals surface area (Å²) in [6, 6.07) is 9.36. The molecular formula is C16H11Cl3N4O3S2. The van der Waals surface area contributed by atoms with Gasteiger partial charge in [0.15, 0.2) is 5.82 Å². The van der Waals surface area contributed by atoms with Gasteiger partial charge in [0, 0.05) is 34.7 Å². The first kappa shape index (κ1) is 20.8. The van der Waals surface area contributed by atoms with Gasteiger partial charge in [0.1, 0.15) is 4.90 Å². The van der Waals surface area contributed by atoms with E-state index in [1.165, 1.54) is 19.1 Å².